The molecule has 3 heterocycles. The molecule has 2 aromatic heterocycles. The van der Waals surface area contributed by atoms with Gasteiger partial charge in [-0.05, 0) is 44.6 Å². The van der Waals surface area contributed by atoms with Crippen molar-refractivity contribution in [3.8, 4) is 0 Å². The van der Waals surface area contributed by atoms with Gasteiger partial charge >= 0.3 is 0 Å². The van der Waals surface area contributed by atoms with Crippen LogP contribution in [0.25, 0.3) is 0 Å². The Hall–Kier alpha value is -2.18. The first-order valence-electron chi connectivity index (χ1n) is 9.99. The highest BCUT2D eigenvalue weighted by Gasteiger charge is 2.36. The lowest BCUT2D eigenvalue weighted by Gasteiger charge is -2.36. The van der Waals surface area contributed by atoms with Crippen LogP contribution in [-0.4, -0.2) is 48.4 Å². The van der Waals surface area contributed by atoms with Crippen LogP contribution in [0.4, 0.5) is 0 Å². The van der Waals surface area contributed by atoms with E-state index in [1.165, 1.54) is 19.3 Å². The van der Waals surface area contributed by atoms with Crippen LogP contribution < -0.4 is 0 Å². The predicted octanol–water partition coefficient (Wildman–Crippen LogP) is 2.36. The van der Waals surface area contributed by atoms with E-state index >= 15 is 0 Å². The summed E-state index contributed by atoms with van der Waals surface area (Å²) >= 11 is 0. The molecule has 3 aliphatic rings. The van der Waals surface area contributed by atoms with E-state index in [0.717, 1.165) is 50.4 Å². The smallest absolute Gasteiger partial charge is 0.225 e. The molecule has 7 nitrogen and oxygen atoms in total. The lowest BCUT2D eigenvalue weighted by atomic mass is 9.83. The van der Waals surface area contributed by atoms with Crippen molar-refractivity contribution in [3.05, 3.63) is 30.1 Å². The Bertz CT molecular complexity index is 766. The molecule has 2 saturated carbocycles. The van der Waals surface area contributed by atoms with Gasteiger partial charge in [0, 0.05) is 43.4 Å². The van der Waals surface area contributed by atoms with Crippen molar-refractivity contribution in [1.82, 2.24) is 29.4 Å². The van der Waals surface area contributed by atoms with Gasteiger partial charge in [-0.15, -0.1) is 10.2 Å². The van der Waals surface area contributed by atoms with Crippen molar-refractivity contribution in [3.63, 3.8) is 0 Å². The third-order valence-electron chi connectivity index (χ3n) is 6.19. The first-order valence-corrected chi connectivity index (χ1v) is 9.99. The molecule has 26 heavy (non-hydrogen) atoms. The van der Waals surface area contributed by atoms with Crippen LogP contribution in [0.5, 0.6) is 0 Å². The third kappa shape index (κ3) is 2.93. The fourth-order valence-electron chi connectivity index (χ4n) is 4.26. The molecular formula is C19H26N6O. The molecule has 0 radical (unpaired) electrons. The summed E-state index contributed by atoms with van der Waals surface area (Å²) in [5, 5.41) is 13.4. The van der Waals surface area contributed by atoms with Crippen LogP contribution in [0.3, 0.4) is 0 Å². The Morgan fingerprint density at radius 3 is 2.50 bits per heavy atom. The molecule has 0 unspecified atom stereocenters. The minimum absolute atomic E-state index is 0.308. The number of nitrogens with zero attached hydrogens (tertiary/aromatic N) is 6. The zero-order valence-electron chi connectivity index (χ0n) is 15.1. The largest absolute Gasteiger partial charge is 0.342 e. The van der Waals surface area contributed by atoms with E-state index in [2.05, 4.69) is 24.8 Å². The van der Waals surface area contributed by atoms with Gasteiger partial charge in [-0.3, -0.25) is 9.48 Å². The molecule has 0 bridgehead atoms. The molecule has 1 saturated heterocycles. The minimum Gasteiger partial charge on any atom is -0.342 e. The Morgan fingerprint density at radius 2 is 1.88 bits per heavy atom. The number of rotatable bonds is 5. The third-order valence-corrected chi connectivity index (χ3v) is 6.19. The topological polar surface area (TPSA) is 68.8 Å². The second-order valence-corrected chi connectivity index (χ2v) is 8.01. The van der Waals surface area contributed by atoms with Crippen LogP contribution in [0, 0.1) is 5.92 Å². The van der Waals surface area contributed by atoms with Crippen LogP contribution in [0.1, 0.15) is 68.6 Å². The molecular weight excluding hydrogens is 328 g/mol. The van der Waals surface area contributed by atoms with Gasteiger partial charge in [0.05, 0.1) is 0 Å². The number of carbonyl (C=O) groups excluding carboxylic acids is 1. The number of likely N-dealkylation sites (tertiary alicyclic amines) is 1. The molecule has 5 rings (SSSR count). The average Bonchev–Trinajstić information content (AvgIpc) is 3.15. The van der Waals surface area contributed by atoms with Gasteiger partial charge in [0.2, 0.25) is 5.91 Å². The highest BCUT2D eigenvalue weighted by Crippen LogP contribution is 2.40. The van der Waals surface area contributed by atoms with Crippen LogP contribution in [0.2, 0.25) is 0 Å². The lowest BCUT2D eigenvalue weighted by molar-refractivity contribution is -0.139. The number of piperidine rings is 1. The monoisotopic (exact) mass is 354 g/mol. The summed E-state index contributed by atoms with van der Waals surface area (Å²) in [4.78, 5) is 14.6. The lowest BCUT2D eigenvalue weighted by Crippen LogP contribution is -2.43. The van der Waals surface area contributed by atoms with E-state index < -0.39 is 0 Å². The number of hydrogen-bond acceptors (Lipinski definition) is 4. The summed E-state index contributed by atoms with van der Waals surface area (Å²) < 4.78 is 4.28. The summed E-state index contributed by atoms with van der Waals surface area (Å²) in [6.45, 7) is 2.41. The highest BCUT2D eigenvalue weighted by molar-refractivity contribution is 5.79. The van der Waals surface area contributed by atoms with Crippen molar-refractivity contribution in [2.45, 2.75) is 63.5 Å². The maximum atomic E-state index is 12.5. The fraction of sp³-hybridized carbons (Fsp3) is 0.684. The molecule has 1 aliphatic heterocycles. The minimum atomic E-state index is 0.308. The first-order chi connectivity index (χ1) is 12.8. The van der Waals surface area contributed by atoms with Crippen molar-refractivity contribution in [2.75, 3.05) is 13.1 Å². The molecule has 2 aliphatic carbocycles. The van der Waals surface area contributed by atoms with Gasteiger partial charge in [-0.25, -0.2) is 0 Å². The molecule has 3 fully saturated rings. The van der Waals surface area contributed by atoms with Crippen LogP contribution in [-0.2, 0) is 11.3 Å². The first kappa shape index (κ1) is 16.0. The number of carbonyl (C=O) groups is 1. The molecule has 1 amide bonds. The molecule has 7 heteroatoms. The summed E-state index contributed by atoms with van der Waals surface area (Å²) in [7, 11) is 0. The van der Waals surface area contributed by atoms with E-state index in [1.807, 2.05) is 16.9 Å². The van der Waals surface area contributed by atoms with Crippen molar-refractivity contribution < 1.29 is 4.79 Å². The second-order valence-electron chi connectivity index (χ2n) is 8.01. The Kier molecular flexibility index (Phi) is 4.02. The molecule has 2 aromatic rings. The van der Waals surface area contributed by atoms with Crippen molar-refractivity contribution in [2.24, 2.45) is 5.92 Å². The van der Waals surface area contributed by atoms with Crippen LogP contribution >= 0.6 is 0 Å². The Labute approximate surface area is 153 Å². The second kappa shape index (κ2) is 6.52. The zero-order chi connectivity index (χ0) is 17.5. The van der Waals surface area contributed by atoms with Gasteiger partial charge in [0.15, 0.2) is 5.82 Å². The standard InChI is InChI=1S/C19H26N6O/c26-19(15-3-1-4-15)23-11-7-14(8-12-23)18-22-21-17(25(18)16-5-6-16)13-24-10-2-9-20-24/h2,9-10,14-16H,1,3-8,11-13H2. The number of hydrogen-bond donors (Lipinski definition) is 0. The van der Waals surface area contributed by atoms with Crippen molar-refractivity contribution in [1.29, 1.82) is 0 Å². The molecule has 0 spiro atoms. The predicted molar refractivity (Wildman–Crippen MR) is 95.5 cm³/mol. The van der Waals surface area contributed by atoms with Crippen LogP contribution in [0.15, 0.2) is 18.5 Å². The summed E-state index contributed by atoms with van der Waals surface area (Å²) in [5.74, 6) is 3.25. The SMILES string of the molecule is O=C(C1CCC1)N1CCC(c2nnc(Cn3cccn3)n2C2CC2)CC1. The maximum Gasteiger partial charge on any atom is 0.225 e. The van der Waals surface area contributed by atoms with E-state index in [1.54, 1.807) is 6.20 Å². The number of aromatic nitrogens is 5. The van der Waals surface area contributed by atoms with Gasteiger partial charge in [0.25, 0.3) is 0 Å². The van der Waals surface area contributed by atoms with Gasteiger partial charge in [-0.2, -0.15) is 5.10 Å². The summed E-state index contributed by atoms with van der Waals surface area (Å²) in [5.41, 5.74) is 0. The van der Waals surface area contributed by atoms with Gasteiger partial charge < -0.3 is 9.47 Å². The summed E-state index contributed by atoms with van der Waals surface area (Å²) in [6.07, 6.45) is 11.6. The Balaban J connectivity index is 1.29. The highest BCUT2D eigenvalue weighted by atomic mass is 16.2. The Morgan fingerprint density at radius 1 is 1.08 bits per heavy atom. The quantitative estimate of drug-likeness (QED) is 0.827. The zero-order valence-corrected chi connectivity index (χ0v) is 15.1. The van der Waals surface area contributed by atoms with E-state index in [0.29, 0.717) is 30.3 Å². The molecule has 0 N–H and O–H groups in total. The van der Waals surface area contributed by atoms with E-state index in [-0.39, 0.29) is 0 Å². The maximum absolute atomic E-state index is 12.5. The molecule has 138 valence electrons. The van der Waals surface area contributed by atoms with E-state index in [4.69, 9.17) is 0 Å². The average molecular weight is 354 g/mol. The molecule has 0 aromatic carbocycles. The fourth-order valence-corrected chi connectivity index (χ4v) is 4.26. The summed E-state index contributed by atoms with van der Waals surface area (Å²) in [6, 6.07) is 2.49. The van der Waals surface area contributed by atoms with E-state index in [9.17, 15) is 4.79 Å². The van der Waals surface area contributed by atoms with Crippen molar-refractivity contribution >= 4 is 5.91 Å². The molecule has 0 atom stereocenters. The van der Waals surface area contributed by atoms with Gasteiger partial charge in [-0.1, -0.05) is 6.42 Å². The van der Waals surface area contributed by atoms with Gasteiger partial charge in [0.1, 0.15) is 12.4 Å². The number of amides is 1. The normalized spacial score (nSPS) is 21.8.